The van der Waals surface area contributed by atoms with Crippen LogP contribution in [0.5, 0.6) is 0 Å². The summed E-state index contributed by atoms with van der Waals surface area (Å²) in [5.41, 5.74) is 12.3. The fraction of sp³-hybridized carbons (Fsp3) is 0. The average molecular weight is 318 g/mol. The summed E-state index contributed by atoms with van der Waals surface area (Å²) >= 11 is 1.14. The molecule has 3 rings (SSSR count). The van der Waals surface area contributed by atoms with Crippen molar-refractivity contribution in [2.45, 2.75) is 0 Å². The summed E-state index contributed by atoms with van der Waals surface area (Å²) in [6.45, 7) is 0. The number of aromatic nitrogens is 3. The highest BCUT2D eigenvalue weighted by atomic mass is 32.1. The molecule has 1 amide bonds. The number of carbonyl (C=O) groups is 1. The summed E-state index contributed by atoms with van der Waals surface area (Å²) in [5.74, 6) is 0.729. The van der Waals surface area contributed by atoms with Gasteiger partial charge in [-0.15, -0.1) is 0 Å². The van der Waals surface area contributed by atoms with Crippen molar-refractivity contribution in [3.05, 3.63) is 24.3 Å². The lowest BCUT2D eigenvalue weighted by Gasteiger charge is -2.01. The summed E-state index contributed by atoms with van der Waals surface area (Å²) < 4.78 is 5.16. The lowest BCUT2D eigenvalue weighted by atomic mass is 10.2. The molecule has 0 saturated heterocycles. The Kier molecular flexibility index (Phi) is 3.35. The molecule has 0 fully saturated rings. The summed E-state index contributed by atoms with van der Waals surface area (Å²) in [7, 11) is 0. The Morgan fingerprint density at radius 2 is 2.14 bits per heavy atom. The number of carboxylic acid groups (broad SMARTS) is 1. The molecule has 0 aliphatic carbocycles. The van der Waals surface area contributed by atoms with Crippen LogP contribution >= 0.6 is 11.3 Å². The van der Waals surface area contributed by atoms with Gasteiger partial charge in [-0.3, -0.25) is 5.32 Å². The summed E-state index contributed by atoms with van der Waals surface area (Å²) in [4.78, 5) is 19.3. The molecule has 0 aliphatic rings. The summed E-state index contributed by atoms with van der Waals surface area (Å²) in [5, 5.41) is 15.1. The van der Waals surface area contributed by atoms with Gasteiger partial charge in [-0.1, -0.05) is 28.6 Å². The minimum Gasteiger partial charge on any atom is -0.465 e. The van der Waals surface area contributed by atoms with Crippen molar-refractivity contribution >= 4 is 34.1 Å². The number of hydrogen-bond donors (Lipinski definition) is 4. The van der Waals surface area contributed by atoms with E-state index in [4.69, 9.17) is 21.1 Å². The number of benzene rings is 1. The topological polar surface area (TPSA) is 153 Å². The van der Waals surface area contributed by atoms with E-state index in [0.29, 0.717) is 27.1 Å². The number of hydrogen-bond acceptors (Lipinski definition) is 8. The summed E-state index contributed by atoms with van der Waals surface area (Å²) in [6.07, 6.45) is -1.15. The van der Waals surface area contributed by atoms with E-state index >= 15 is 0 Å². The number of nitrogens with two attached hydrogens (primary N) is 2. The van der Waals surface area contributed by atoms with Crippen LogP contribution in [0, 0.1) is 0 Å². The molecule has 0 bridgehead atoms. The molecule has 10 heteroatoms. The zero-order valence-electron chi connectivity index (χ0n) is 11.0. The highest BCUT2D eigenvalue weighted by Gasteiger charge is 2.17. The van der Waals surface area contributed by atoms with Crippen LogP contribution < -0.4 is 16.8 Å². The minimum atomic E-state index is -1.15. The highest BCUT2D eigenvalue weighted by Crippen LogP contribution is 2.33. The quantitative estimate of drug-likeness (QED) is 0.572. The van der Waals surface area contributed by atoms with E-state index < -0.39 is 6.09 Å². The molecule has 112 valence electrons. The molecule has 0 radical (unpaired) electrons. The third-order valence-electron chi connectivity index (χ3n) is 2.66. The number of nitrogens with one attached hydrogen (secondary N) is 1. The molecule has 0 aliphatic heterocycles. The minimum absolute atomic E-state index is 0.207. The first-order valence-electron chi connectivity index (χ1n) is 5.99. The van der Waals surface area contributed by atoms with Crippen molar-refractivity contribution < 1.29 is 14.4 Å². The van der Waals surface area contributed by atoms with Crippen molar-refractivity contribution in [3.8, 4) is 22.2 Å². The predicted octanol–water partition coefficient (Wildman–Crippen LogP) is 2.11. The van der Waals surface area contributed by atoms with Crippen LogP contribution in [0.25, 0.3) is 22.2 Å². The number of amides is 1. The van der Waals surface area contributed by atoms with Gasteiger partial charge in [-0.05, 0) is 12.1 Å². The predicted molar refractivity (Wildman–Crippen MR) is 81.3 cm³/mol. The second kappa shape index (κ2) is 5.33. The Balaban J connectivity index is 1.94. The van der Waals surface area contributed by atoms with Gasteiger partial charge in [-0.25, -0.2) is 9.78 Å². The first kappa shape index (κ1) is 13.8. The normalized spacial score (nSPS) is 10.5. The molecule has 2 aromatic heterocycles. The molecule has 3 aromatic rings. The Labute approximate surface area is 127 Å². The largest absolute Gasteiger partial charge is 0.465 e. The van der Waals surface area contributed by atoms with Gasteiger partial charge >= 0.3 is 6.09 Å². The first-order chi connectivity index (χ1) is 10.5. The van der Waals surface area contributed by atoms with Crippen molar-refractivity contribution in [1.82, 2.24) is 15.1 Å². The van der Waals surface area contributed by atoms with Gasteiger partial charge < -0.3 is 21.1 Å². The maximum atomic E-state index is 10.7. The maximum absolute atomic E-state index is 10.7. The van der Waals surface area contributed by atoms with E-state index in [-0.39, 0.29) is 11.7 Å². The summed E-state index contributed by atoms with van der Waals surface area (Å²) in [6, 6.07) is 6.61. The zero-order valence-corrected chi connectivity index (χ0v) is 11.8. The van der Waals surface area contributed by atoms with Crippen LogP contribution in [-0.4, -0.2) is 26.3 Å². The zero-order chi connectivity index (χ0) is 15.7. The molecular formula is C12H10N6O3S. The molecule has 6 N–H and O–H groups in total. The van der Waals surface area contributed by atoms with Crippen molar-refractivity contribution in [3.63, 3.8) is 0 Å². The molecule has 9 nitrogen and oxygen atoms in total. The van der Waals surface area contributed by atoms with Crippen LogP contribution in [0.1, 0.15) is 0 Å². The van der Waals surface area contributed by atoms with E-state index in [1.807, 2.05) is 0 Å². The van der Waals surface area contributed by atoms with Crippen molar-refractivity contribution in [1.29, 1.82) is 0 Å². The molecular weight excluding hydrogens is 308 g/mol. The fourth-order valence-electron chi connectivity index (χ4n) is 1.79. The van der Waals surface area contributed by atoms with Crippen molar-refractivity contribution in [2.75, 3.05) is 16.8 Å². The van der Waals surface area contributed by atoms with Gasteiger partial charge in [0.15, 0.2) is 5.13 Å². The monoisotopic (exact) mass is 318 g/mol. The van der Waals surface area contributed by atoms with Gasteiger partial charge in [0.25, 0.3) is 5.89 Å². The van der Waals surface area contributed by atoms with Crippen LogP contribution in [-0.2, 0) is 0 Å². The SMILES string of the molecule is Nc1nc(N)c(-c2nc(-c3cccc(NC(=O)O)c3)no2)s1. The fourth-order valence-corrected chi connectivity index (χ4v) is 2.47. The van der Waals surface area contributed by atoms with Gasteiger partial charge in [0.05, 0.1) is 0 Å². The number of rotatable bonds is 3. The molecule has 0 spiro atoms. The molecule has 0 atom stereocenters. The van der Waals surface area contributed by atoms with E-state index in [1.54, 1.807) is 24.3 Å². The third kappa shape index (κ3) is 2.67. The second-order valence-electron chi connectivity index (χ2n) is 4.20. The lowest BCUT2D eigenvalue weighted by molar-refractivity contribution is 0.210. The Morgan fingerprint density at radius 1 is 1.32 bits per heavy atom. The third-order valence-corrected chi connectivity index (χ3v) is 3.55. The van der Waals surface area contributed by atoms with Crippen LogP contribution in [0.15, 0.2) is 28.8 Å². The lowest BCUT2D eigenvalue weighted by Crippen LogP contribution is -2.06. The van der Waals surface area contributed by atoms with Crippen LogP contribution in [0.3, 0.4) is 0 Å². The number of nitrogens with zero attached hydrogens (tertiary/aromatic N) is 3. The molecule has 2 heterocycles. The highest BCUT2D eigenvalue weighted by molar-refractivity contribution is 7.19. The van der Waals surface area contributed by atoms with Gasteiger partial charge in [-0.2, -0.15) is 4.98 Å². The van der Waals surface area contributed by atoms with Gasteiger partial charge in [0.1, 0.15) is 10.7 Å². The van der Waals surface area contributed by atoms with E-state index in [9.17, 15) is 4.79 Å². The van der Waals surface area contributed by atoms with Crippen molar-refractivity contribution in [2.24, 2.45) is 0 Å². The standard InChI is InChI=1S/C12H10N6O3S/c13-8-7(22-11(14)16-8)10-17-9(18-21-10)5-2-1-3-6(4-5)15-12(19)20/h1-4,15H,13H2,(H2,14,16)(H,19,20). The second-order valence-corrected chi connectivity index (χ2v) is 5.23. The number of thiazole rings is 1. The van der Waals surface area contributed by atoms with E-state index in [0.717, 1.165) is 11.3 Å². The smallest absolute Gasteiger partial charge is 0.409 e. The van der Waals surface area contributed by atoms with E-state index in [2.05, 4.69) is 20.4 Å². The Morgan fingerprint density at radius 3 is 2.82 bits per heavy atom. The van der Waals surface area contributed by atoms with E-state index in [1.165, 1.54) is 0 Å². The molecule has 1 aromatic carbocycles. The number of anilines is 3. The average Bonchev–Trinajstić information content (AvgIpc) is 3.05. The van der Waals surface area contributed by atoms with Gasteiger partial charge in [0.2, 0.25) is 5.82 Å². The Hall–Kier alpha value is -3.14. The molecule has 0 saturated carbocycles. The molecule has 22 heavy (non-hydrogen) atoms. The molecule has 0 unspecified atom stereocenters. The number of nitrogen functional groups attached to an aromatic ring is 2. The first-order valence-corrected chi connectivity index (χ1v) is 6.81. The van der Waals surface area contributed by atoms with Gasteiger partial charge in [0, 0.05) is 11.3 Å². The maximum Gasteiger partial charge on any atom is 0.409 e. The Bertz CT molecular complexity index is 843. The van der Waals surface area contributed by atoms with Crippen LogP contribution in [0.4, 0.5) is 21.4 Å². The van der Waals surface area contributed by atoms with Crippen LogP contribution in [0.2, 0.25) is 0 Å².